The number of nitrogens with zero attached hydrogens (tertiary/aromatic N) is 3. The highest BCUT2D eigenvalue weighted by atomic mass is 16.1. The second-order valence-electron chi connectivity index (χ2n) is 4.74. The molecular weight excluding hydrogens is 256 g/mol. The summed E-state index contributed by atoms with van der Waals surface area (Å²) in [6, 6.07) is 0. The molecule has 0 atom stereocenters. The third-order valence-corrected chi connectivity index (χ3v) is 3.26. The molecule has 0 bridgehead atoms. The number of aromatic amines is 1. The van der Waals surface area contributed by atoms with Gasteiger partial charge in [-0.1, -0.05) is 0 Å². The molecule has 104 valence electrons. The summed E-state index contributed by atoms with van der Waals surface area (Å²) in [4.78, 5) is 20.5. The van der Waals surface area contributed by atoms with Gasteiger partial charge in [0.15, 0.2) is 0 Å². The molecule has 3 N–H and O–H groups in total. The Morgan fingerprint density at radius 3 is 3.10 bits per heavy atom. The van der Waals surface area contributed by atoms with Gasteiger partial charge in [-0.15, -0.1) is 0 Å². The number of fused-ring (bicyclic) bond motifs is 1. The number of aromatic nitrogens is 4. The fraction of sp³-hybridized carbons (Fsp3) is 0.385. The Morgan fingerprint density at radius 2 is 2.30 bits per heavy atom. The Hall–Kier alpha value is -2.44. The van der Waals surface area contributed by atoms with E-state index in [0.29, 0.717) is 18.1 Å². The molecule has 0 saturated carbocycles. The topological polar surface area (TPSA) is 95.6 Å². The summed E-state index contributed by atoms with van der Waals surface area (Å²) >= 11 is 0. The lowest BCUT2D eigenvalue weighted by atomic mass is 10.1. The summed E-state index contributed by atoms with van der Waals surface area (Å²) in [5, 5.41) is 12.8. The van der Waals surface area contributed by atoms with Crippen molar-refractivity contribution in [2.24, 2.45) is 0 Å². The van der Waals surface area contributed by atoms with Crippen LogP contribution in [0, 0.1) is 6.92 Å². The number of rotatable bonds is 4. The van der Waals surface area contributed by atoms with Crippen molar-refractivity contribution >= 4 is 11.7 Å². The Labute approximate surface area is 116 Å². The van der Waals surface area contributed by atoms with Crippen LogP contribution in [0.15, 0.2) is 12.4 Å². The minimum absolute atomic E-state index is 0.116. The molecule has 3 heterocycles. The fourth-order valence-corrected chi connectivity index (χ4v) is 2.29. The maximum absolute atomic E-state index is 11.8. The van der Waals surface area contributed by atoms with Crippen LogP contribution in [0.25, 0.3) is 0 Å². The van der Waals surface area contributed by atoms with Crippen LogP contribution < -0.4 is 10.6 Å². The number of nitrogens with one attached hydrogen (secondary N) is 3. The van der Waals surface area contributed by atoms with E-state index in [1.54, 1.807) is 13.1 Å². The molecule has 7 heteroatoms. The molecule has 20 heavy (non-hydrogen) atoms. The predicted octanol–water partition coefficient (Wildman–Crippen LogP) is 0.449. The van der Waals surface area contributed by atoms with E-state index in [1.165, 1.54) is 0 Å². The van der Waals surface area contributed by atoms with Crippen LogP contribution in [-0.4, -0.2) is 39.2 Å². The first-order valence-corrected chi connectivity index (χ1v) is 6.61. The summed E-state index contributed by atoms with van der Waals surface area (Å²) < 4.78 is 0. The lowest BCUT2D eigenvalue weighted by molar-refractivity contribution is 0.0940. The van der Waals surface area contributed by atoms with Gasteiger partial charge < -0.3 is 10.6 Å². The van der Waals surface area contributed by atoms with Crippen molar-refractivity contribution in [3.63, 3.8) is 0 Å². The van der Waals surface area contributed by atoms with E-state index in [2.05, 4.69) is 30.8 Å². The first kappa shape index (κ1) is 12.6. The van der Waals surface area contributed by atoms with Gasteiger partial charge in [0.05, 0.1) is 6.20 Å². The Kier molecular flexibility index (Phi) is 3.32. The van der Waals surface area contributed by atoms with Crippen LogP contribution in [0.2, 0.25) is 0 Å². The number of hydrogen-bond acceptors (Lipinski definition) is 5. The predicted molar refractivity (Wildman–Crippen MR) is 73.6 cm³/mol. The van der Waals surface area contributed by atoms with Crippen LogP contribution >= 0.6 is 0 Å². The van der Waals surface area contributed by atoms with E-state index in [9.17, 15) is 4.79 Å². The Bertz CT molecular complexity index is 622. The fourth-order valence-electron chi connectivity index (χ4n) is 2.29. The average molecular weight is 272 g/mol. The van der Waals surface area contributed by atoms with E-state index in [0.717, 1.165) is 36.3 Å². The zero-order valence-electron chi connectivity index (χ0n) is 11.2. The van der Waals surface area contributed by atoms with Gasteiger partial charge in [-0.2, -0.15) is 5.10 Å². The Morgan fingerprint density at radius 1 is 1.40 bits per heavy atom. The van der Waals surface area contributed by atoms with Crippen molar-refractivity contribution in [1.29, 1.82) is 0 Å². The Balaban J connectivity index is 1.77. The van der Waals surface area contributed by atoms with Gasteiger partial charge in [0.25, 0.3) is 5.91 Å². The van der Waals surface area contributed by atoms with E-state index >= 15 is 0 Å². The van der Waals surface area contributed by atoms with E-state index in [4.69, 9.17) is 0 Å². The minimum atomic E-state index is -0.116. The standard InChI is InChI=1S/C13H16N6O/c1-8-18-11-10(3-5-15-13(11)20)12(19-8)14-4-2-9-6-16-17-7-9/h6-7H,2-5H2,1H3,(H,15,20)(H,16,17)(H,14,18,19). The highest BCUT2D eigenvalue weighted by Gasteiger charge is 2.22. The van der Waals surface area contributed by atoms with Crippen molar-refractivity contribution < 1.29 is 4.79 Å². The van der Waals surface area contributed by atoms with Crippen molar-refractivity contribution in [2.45, 2.75) is 19.8 Å². The van der Waals surface area contributed by atoms with Crippen molar-refractivity contribution in [3.8, 4) is 0 Å². The second-order valence-corrected chi connectivity index (χ2v) is 4.74. The molecule has 0 radical (unpaired) electrons. The summed E-state index contributed by atoms with van der Waals surface area (Å²) in [7, 11) is 0. The first-order valence-electron chi connectivity index (χ1n) is 6.61. The first-order chi connectivity index (χ1) is 9.74. The van der Waals surface area contributed by atoms with Crippen molar-refractivity contribution in [3.05, 3.63) is 35.0 Å². The molecule has 0 saturated heterocycles. The maximum atomic E-state index is 11.8. The van der Waals surface area contributed by atoms with Crippen LogP contribution in [-0.2, 0) is 12.8 Å². The van der Waals surface area contributed by atoms with E-state index in [1.807, 2.05) is 6.20 Å². The summed E-state index contributed by atoms with van der Waals surface area (Å²) in [6.07, 6.45) is 5.28. The number of H-pyrrole nitrogens is 1. The molecular formula is C13H16N6O. The second kappa shape index (κ2) is 5.28. The van der Waals surface area contributed by atoms with E-state index in [-0.39, 0.29) is 5.91 Å². The number of hydrogen-bond donors (Lipinski definition) is 3. The molecule has 0 aliphatic carbocycles. The maximum Gasteiger partial charge on any atom is 0.270 e. The molecule has 0 spiro atoms. The van der Waals surface area contributed by atoms with E-state index < -0.39 is 0 Å². The lowest BCUT2D eigenvalue weighted by Gasteiger charge is -2.19. The molecule has 1 amide bonds. The van der Waals surface area contributed by atoms with Crippen LogP contribution in [0.4, 0.5) is 5.82 Å². The smallest absolute Gasteiger partial charge is 0.270 e. The zero-order chi connectivity index (χ0) is 13.9. The molecule has 0 unspecified atom stereocenters. The molecule has 2 aromatic heterocycles. The molecule has 3 rings (SSSR count). The van der Waals surface area contributed by atoms with Crippen LogP contribution in [0.1, 0.15) is 27.4 Å². The van der Waals surface area contributed by atoms with Gasteiger partial charge in [-0.3, -0.25) is 9.89 Å². The zero-order valence-corrected chi connectivity index (χ0v) is 11.2. The minimum Gasteiger partial charge on any atom is -0.369 e. The number of carbonyl (C=O) groups is 1. The van der Waals surface area contributed by atoms with Gasteiger partial charge in [-0.25, -0.2) is 9.97 Å². The number of carbonyl (C=O) groups excluding carboxylic acids is 1. The monoisotopic (exact) mass is 272 g/mol. The normalized spacial score (nSPS) is 13.8. The third kappa shape index (κ3) is 2.47. The van der Waals surface area contributed by atoms with Gasteiger partial charge in [-0.05, 0) is 25.3 Å². The molecule has 0 aromatic carbocycles. The van der Waals surface area contributed by atoms with Crippen LogP contribution in [0.5, 0.6) is 0 Å². The molecule has 2 aromatic rings. The third-order valence-electron chi connectivity index (χ3n) is 3.26. The number of aryl methyl sites for hydroxylation is 1. The highest BCUT2D eigenvalue weighted by Crippen LogP contribution is 2.20. The molecule has 0 fully saturated rings. The summed E-state index contributed by atoms with van der Waals surface area (Å²) in [6.45, 7) is 3.17. The van der Waals surface area contributed by atoms with Crippen molar-refractivity contribution in [2.75, 3.05) is 18.4 Å². The number of amides is 1. The number of anilines is 1. The highest BCUT2D eigenvalue weighted by molar-refractivity contribution is 5.95. The molecule has 1 aliphatic rings. The lowest BCUT2D eigenvalue weighted by Crippen LogP contribution is -2.34. The van der Waals surface area contributed by atoms with Gasteiger partial charge in [0, 0.05) is 24.8 Å². The van der Waals surface area contributed by atoms with Crippen LogP contribution in [0.3, 0.4) is 0 Å². The largest absolute Gasteiger partial charge is 0.369 e. The summed E-state index contributed by atoms with van der Waals surface area (Å²) in [5.41, 5.74) is 2.54. The quantitative estimate of drug-likeness (QED) is 0.751. The molecule has 1 aliphatic heterocycles. The molecule has 7 nitrogen and oxygen atoms in total. The summed E-state index contributed by atoms with van der Waals surface area (Å²) in [5.74, 6) is 1.26. The van der Waals surface area contributed by atoms with Gasteiger partial charge >= 0.3 is 0 Å². The van der Waals surface area contributed by atoms with Gasteiger partial charge in [0.1, 0.15) is 17.3 Å². The average Bonchev–Trinajstić information content (AvgIpc) is 2.93. The SMILES string of the molecule is Cc1nc(NCCc2cn[nH]c2)c2c(n1)C(=O)NCC2. The van der Waals surface area contributed by atoms with Gasteiger partial charge in [0.2, 0.25) is 0 Å². The van der Waals surface area contributed by atoms with Crippen molar-refractivity contribution in [1.82, 2.24) is 25.5 Å².